The van der Waals surface area contributed by atoms with E-state index in [1.165, 1.54) is 12.1 Å². The molecular weight excluding hydrogens is 262 g/mol. The summed E-state index contributed by atoms with van der Waals surface area (Å²) in [4.78, 5) is 0.00663. The summed E-state index contributed by atoms with van der Waals surface area (Å²) in [5.74, 6) is 0. The summed E-state index contributed by atoms with van der Waals surface area (Å²) in [6.07, 6.45) is 3.42. The van der Waals surface area contributed by atoms with Crippen molar-refractivity contribution in [2.45, 2.75) is 11.4 Å². The highest BCUT2D eigenvalue weighted by atomic mass is 35.5. The number of nitrogens with zero attached hydrogens (tertiary/aromatic N) is 2. The lowest BCUT2D eigenvalue weighted by atomic mass is 10.2. The molecule has 0 saturated carbocycles. The van der Waals surface area contributed by atoms with Gasteiger partial charge in [0.1, 0.15) is 0 Å². The van der Waals surface area contributed by atoms with E-state index in [9.17, 15) is 8.42 Å². The third kappa shape index (κ3) is 3.06. The van der Waals surface area contributed by atoms with Crippen molar-refractivity contribution in [3.63, 3.8) is 0 Å². The Kier molecular flexibility index (Phi) is 3.19. The molecule has 17 heavy (non-hydrogen) atoms. The predicted molar refractivity (Wildman–Crippen MR) is 64.2 cm³/mol. The zero-order valence-electron chi connectivity index (χ0n) is 8.75. The fourth-order valence-corrected chi connectivity index (χ4v) is 2.39. The molecule has 0 radical (unpaired) electrons. The SMILES string of the molecule is NS(=O)(=O)c1cc(Cl)cc(Cn2cccn2)c1. The van der Waals surface area contributed by atoms with Gasteiger partial charge in [-0.2, -0.15) is 5.10 Å². The highest BCUT2D eigenvalue weighted by Gasteiger charge is 2.10. The molecule has 2 rings (SSSR count). The van der Waals surface area contributed by atoms with Gasteiger partial charge in [0, 0.05) is 17.4 Å². The van der Waals surface area contributed by atoms with E-state index >= 15 is 0 Å². The number of benzene rings is 1. The Morgan fingerprint density at radius 2 is 2.12 bits per heavy atom. The molecule has 7 heteroatoms. The Morgan fingerprint density at radius 3 is 2.71 bits per heavy atom. The minimum Gasteiger partial charge on any atom is -0.268 e. The molecule has 0 amide bonds. The van der Waals surface area contributed by atoms with Crippen molar-refractivity contribution < 1.29 is 8.42 Å². The molecule has 0 aliphatic carbocycles. The van der Waals surface area contributed by atoms with Crippen molar-refractivity contribution in [1.29, 1.82) is 0 Å². The first-order chi connectivity index (χ1) is 7.95. The fraction of sp³-hybridized carbons (Fsp3) is 0.100. The van der Waals surface area contributed by atoms with Crippen molar-refractivity contribution in [3.05, 3.63) is 47.2 Å². The van der Waals surface area contributed by atoms with Crippen LogP contribution in [-0.2, 0) is 16.6 Å². The summed E-state index contributed by atoms with van der Waals surface area (Å²) in [5.41, 5.74) is 0.727. The monoisotopic (exact) mass is 271 g/mol. The molecule has 1 aromatic carbocycles. The van der Waals surface area contributed by atoms with Crippen LogP contribution in [0, 0.1) is 0 Å². The van der Waals surface area contributed by atoms with Crippen LogP contribution in [0.2, 0.25) is 5.02 Å². The van der Waals surface area contributed by atoms with Crippen LogP contribution in [0.25, 0.3) is 0 Å². The summed E-state index contributed by atoms with van der Waals surface area (Å²) in [5, 5.41) is 9.42. The predicted octanol–water partition coefficient (Wildman–Crippen LogP) is 1.23. The number of hydrogen-bond donors (Lipinski definition) is 1. The minimum absolute atomic E-state index is 0.00663. The van der Waals surface area contributed by atoms with E-state index in [0.717, 1.165) is 5.56 Å². The van der Waals surface area contributed by atoms with Gasteiger partial charge in [-0.25, -0.2) is 13.6 Å². The zero-order valence-corrected chi connectivity index (χ0v) is 10.3. The highest BCUT2D eigenvalue weighted by Crippen LogP contribution is 2.18. The van der Waals surface area contributed by atoms with E-state index < -0.39 is 10.0 Å². The van der Waals surface area contributed by atoms with Gasteiger partial charge < -0.3 is 0 Å². The van der Waals surface area contributed by atoms with E-state index in [-0.39, 0.29) is 4.90 Å². The highest BCUT2D eigenvalue weighted by molar-refractivity contribution is 7.89. The lowest BCUT2D eigenvalue weighted by Gasteiger charge is -2.05. The van der Waals surface area contributed by atoms with Crippen molar-refractivity contribution in [2.24, 2.45) is 5.14 Å². The summed E-state index contributed by atoms with van der Waals surface area (Å²) < 4.78 is 24.1. The van der Waals surface area contributed by atoms with Gasteiger partial charge in [0.25, 0.3) is 0 Å². The fourth-order valence-electron chi connectivity index (χ4n) is 1.46. The van der Waals surface area contributed by atoms with Crippen LogP contribution < -0.4 is 5.14 Å². The van der Waals surface area contributed by atoms with Crippen LogP contribution in [0.1, 0.15) is 5.56 Å². The first kappa shape index (κ1) is 12.1. The lowest BCUT2D eigenvalue weighted by Crippen LogP contribution is -2.13. The van der Waals surface area contributed by atoms with E-state index in [4.69, 9.17) is 16.7 Å². The normalized spacial score (nSPS) is 11.6. The van der Waals surface area contributed by atoms with E-state index in [0.29, 0.717) is 11.6 Å². The van der Waals surface area contributed by atoms with Crippen LogP contribution in [0.3, 0.4) is 0 Å². The Hall–Kier alpha value is -1.37. The van der Waals surface area contributed by atoms with Gasteiger partial charge in [0.05, 0.1) is 11.4 Å². The Balaban J connectivity index is 2.39. The number of rotatable bonds is 3. The third-order valence-electron chi connectivity index (χ3n) is 2.16. The zero-order chi connectivity index (χ0) is 12.5. The van der Waals surface area contributed by atoms with Crippen molar-refractivity contribution >= 4 is 21.6 Å². The second kappa shape index (κ2) is 4.48. The standard InChI is InChI=1S/C10H10ClN3O2S/c11-9-4-8(7-14-3-1-2-13-14)5-10(6-9)17(12,15)16/h1-6H,7H2,(H2,12,15,16). The number of nitrogens with two attached hydrogens (primary N) is 1. The summed E-state index contributed by atoms with van der Waals surface area (Å²) in [6, 6.07) is 6.27. The van der Waals surface area contributed by atoms with Crippen molar-refractivity contribution in [2.75, 3.05) is 0 Å². The molecule has 0 fully saturated rings. The molecule has 2 N–H and O–H groups in total. The van der Waals surface area contributed by atoms with Gasteiger partial charge >= 0.3 is 0 Å². The molecule has 0 atom stereocenters. The molecule has 0 spiro atoms. The second-order valence-corrected chi connectivity index (χ2v) is 5.54. The molecule has 0 bridgehead atoms. The topological polar surface area (TPSA) is 78.0 Å². The minimum atomic E-state index is -3.74. The van der Waals surface area contributed by atoms with Gasteiger partial charge in [0.2, 0.25) is 10.0 Å². The van der Waals surface area contributed by atoms with E-state index in [2.05, 4.69) is 5.10 Å². The molecule has 0 aliphatic heterocycles. The Bertz CT molecular complexity index is 623. The number of halogens is 1. The molecular formula is C10H10ClN3O2S. The number of aromatic nitrogens is 2. The molecule has 2 aromatic rings. The smallest absolute Gasteiger partial charge is 0.238 e. The number of primary sulfonamides is 1. The maximum atomic E-state index is 11.2. The van der Waals surface area contributed by atoms with E-state index in [1.54, 1.807) is 29.2 Å². The summed E-state index contributed by atoms with van der Waals surface area (Å²) in [7, 11) is -3.74. The molecule has 0 saturated heterocycles. The van der Waals surface area contributed by atoms with Gasteiger partial charge in [-0.3, -0.25) is 4.68 Å². The van der Waals surface area contributed by atoms with Crippen LogP contribution in [0.15, 0.2) is 41.6 Å². The van der Waals surface area contributed by atoms with Crippen LogP contribution in [0.5, 0.6) is 0 Å². The Morgan fingerprint density at radius 1 is 1.35 bits per heavy atom. The average molecular weight is 272 g/mol. The average Bonchev–Trinajstić information content (AvgIpc) is 2.68. The molecule has 1 heterocycles. The quantitative estimate of drug-likeness (QED) is 0.912. The van der Waals surface area contributed by atoms with Crippen LogP contribution >= 0.6 is 11.6 Å². The molecule has 1 aromatic heterocycles. The maximum absolute atomic E-state index is 11.2. The van der Waals surface area contributed by atoms with E-state index in [1.807, 2.05) is 0 Å². The largest absolute Gasteiger partial charge is 0.268 e. The van der Waals surface area contributed by atoms with Gasteiger partial charge in [0.15, 0.2) is 0 Å². The molecule has 90 valence electrons. The third-order valence-corrected chi connectivity index (χ3v) is 3.27. The van der Waals surface area contributed by atoms with Crippen molar-refractivity contribution in [3.8, 4) is 0 Å². The van der Waals surface area contributed by atoms with Crippen molar-refractivity contribution in [1.82, 2.24) is 9.78 Å². The summed E-state index contributed by atoms with van der Waals surface area (Å²) >= 11 is 5.85. The lowest BCUT2D eigenvalue weighted by molar-refractivity contribution is 0.597. The first-order valence-corrected chi connectivity index (χ1v) is 6.67. The van der Waals surface area contributed by atoms with Gasteiger partial charge in [-0.1, -0.05) is 11.6 Å². The molecule has 0 unspecified atom stereocenters. The molecule has 5 nitrogen and oxygen atoms in total. The van der Waals surface area contributed by atoms with Crippen LogP contribution in [0.4, 0.5) is 0 Å². The number of sulfonamides is 1. The van der Waals surface area contributed by atoms with Gasteiger partial charge in [-0.05, 0) is 29.8 Å². The van der Waals surface area contributed by atoms with Crippen LogP contribution in [-0.4, -0.2) is 18.2 Å². The number of hydrogen-bond acceptors (Lipinski definition) is 3. The maximum Gasteiger partial charge on any atom is 0.238 e. The second-order valence-electron chi connectivity index (χ2n) is 3.54. The first-order valence-electron chi connectivity index (χ1n) is 4.75. The van der Waals surface area contributed by atoms with Gasteiger partial charge in [-0.15, -0.1) is 0 Å². The summed E-state index contributed by atoms with van der Waals surface area (Å²) in [6.45, 7) is 0.441. The molecule has 0 aliphatic rings. The Labute approximate surface area is 104 Å².